The molecule has 0 unspecified atom stereocenters. The molecular weight excluding hydrogens is 435 g/mol. The van der Waals surface area contributed by atoms with Gasteiger partial charge in [-0.25, -0.2) is 0 Å². The fourth-order valence-corrected chi connectivity index (χ4v) is 3.08. The maximum Gasteiger partial charge on any atom is 0.191 e. The number of anilines is 1. The topological polar surface area (TPSA) is 39.7 Å². The minimum absolute atomic E-state index is 0. The van der Waals surface area contributed by atoms with Crippen molar-refractivity contribution in [3.05, 3.63) is 65.7 Å². The first-order valence-corrected chi connectivity index (χ1v) is 8.89. The molecule has 5 heteroatoms. The molecule has 2 N–H and O–H groups in total. The van der Waals surface area contributed by atoms with E-state index in [1.54, 1.807) is 0 Å². The first kappa shape index (κ1) is 20.6. The van der Waals surface area contributed by atoms with Crippen LogP contribution in [-0.4, -0.2) is 33.6 Å². The third kappa shape index (κ3) is 5.13. The molecule has 0 saturated heterocycles. The highest BCUT2D eigenvalue weighted by atomic mass is 127. The van der Waals surface area contributed by atoms with Gasteiger partial charge in [0.25, 0.3) is 0 Å². The van der Waals surface area contributed by atoms with E-state index in [-0.39, 0.29) is 29.4 Å². The maximum absolute atomic E-state index is 4.36. The molecule has 0 amide bonds. The molecule has 140 valence electrons. The minimum atomic E-state index is 0. The zero-order chi connectivity index (χ0) is 17.7. The predicted molar refractivity (Wildman–Crippen MR) is 122 cm³/mol. The summed E-state index contributed by atoms with van der Waals surface area (Å²) in [5, 5.41) is 6.91. The lowest BCUT2D eigenvalue weighted by atomic mass is 9.96. The van der Waals surface area contributed by atoms with Gasteiger partial charge in [0.2, 0.25) is 0 Å². The van der Waals surface area contributed by atoms with Gasteiger partial charge in [-0.3, -0.25) is 4.99 Å². The molecule has 26 heavy (non-hydrogen) atoms. The molecule has 1 aliphatic carbocycles. The number of nitrogens with zero attached hydrogens (tertiary/aromatic N) is 2. The highest BCUT2D eigenvalue weighted by Crippen LogP contribution is 2.47. The second kappa shape index (κ2) is 9.26. The van der Waals surface area contributed by atoms with Gasteiger partial charge in [0.15, 0.2) is 5.96 Å². The molecule has 2 aromatic rings. The van der Waals surface area contributed by atoms with Crippen molar-refractivity contribution in [3.63, 3.8) is 0 Å². The second-order valence-corrected chi connectivity index (χ2v) is 6.99. The molecule has 0 bridgehead atoms. The number of halogens is 1. The summed E-state index contributed by atoms with van der Waals surface area (Å²) in [6.07, 6.45) is 2.49. The molecular formula is C21H29IN4. The molecule has 4 nitrogen and oxygen atoms in total. The number of guanidine groups is 1. The summed E-state index contributed by atoms with van der Waals surface area (Å²) in [6, 6.07) is 19.4. The van der Waals surface area contributed by atoms with Gasteiger partial charge in [0, 0.05) is 45.3 Å². The third-order valence-corrected chi connectivity index (χ3v) is 4.97. The summed E-state index contributed by atoms with van der Waals surface area (Å²) in [5.74, 6) is 0.860. The average molecular weight is 464 g/mol. The van der Waals surface area contributed by atoms with Gasteiger partial charge in [-0.2, -0.15) is 0 Å². The van der Waals surface area contributed by atoms with Crippen LogP contribution in [0.1, 0.15) is 24.0 Å². The van der Waals surface area contributed by atoms with Crippen LogP contribution in [-0.2, 0) is 12.0 Å². The van der Waals surface area contributed by atoms with Crippen molar-refractivity contribution in [2.24, 2.45) is 4.99 Å². The molecule has 1 aliphatic rings. The third-order valence-electron chi connectivity index (χ3n) is 4.97. The average Bonchev–Trinajstić information content (AvgIpc) is 3.44. The summed E-state index contributed by atoms with van der Waals surface area (Å²) in [5.41, 5.74) is 4.17. The van der Waals surface area contributed by atoms with E-state index in [1.165, 1.54) is 29.7 Å². The molecule has 1 saturated carbocycles. The quantitative estimate of drug-likeness (QED) is 0.389. The molecule has 0 aromatic heterocycles. The Morgan fingerprint density at radius 1 is 1.00 bits per heavy atom. The minimum Gasteiger partial charge on any atom is -0.378 e. The van der Waals surface area contributed by atoms with E-state index < -0.39 is 0 Å². The van der Waals surface area contributed by atoms with Crippen molar-refractivity contribution in [1.82, 2.24) is 10.6 Å². The van der Waals surface area contributed by atoms with Crippen LogP contribution in [0.5, 0.6) is 0 Å². The van der Waals surface area contributed by atoms with Crippen LogP contribution in [0.4, 0.5) is 5.69 Å². The molecule has 0 radical (unpaired) electrons. The smallest absolute Gasteiger partial charge is 0.191 e. The summed E-state index contributed by atoms with van der Waals surface area (Å²) in [4.78, 5) is 6.47. The number of nitrogens with one attached hydrogen (secondary N) is 2. The van der Waals surface area contributed by atoms with Crippen LogP contribution in [0.25, 0.3) is 0 Å². The molecule has 0 heterocycles. The number of benzene rings is 2. The van der Waals surface area contributed by atoms with Crippen LogP contribution in [0.15, 0.2) is 59.6 Å². The number of rotatable bonds is 6. The van der Waals surface area contributed by atoms with Gasteiger partial charge in [0.05, 0.1) is 0 Å². The van der Waals surface area contributed by atoms with Gasteiger partial charge < -0.3 is 15.5 Å². The Morgan fingerprint density at radius 3 is 2.19 bits per heavy atom. The van der Waals surface area contributed by atoms with E-state index in [1.807, 2.05) is 7.05 Å². The first-order chi connectivity index (χ1) is 12.1. The molecule has 2 aromatic carbocycles. The van der Waals surface area contributed by atoms with Crippen molar-refractivity contribution in [2.75, 3.05) is 32.6 Å². The van der Waals surface area contributed by atoms with E-state index in [4.69, 9.17) is 0 Å². The number of hydrogen-bond acceptors (Lipinski definition) is 2. The number of hydrogen-bond donors (Lipinski definition) is 2. The normalized spacial score (nSPS) is 15.0. The van der Waals surface area contributed by atoms with Crippen molar-refractivity contribution < 1.29 is 0 Å². The molecule has 0 atom stereocenters. The SMILES string of the molecule is CN=C(NCc1ccc(N(C)C)cc1)NCC1(c2ccccc2)CC1.I. The lowest BCUT2D eigenvalue weighted by molar-refractivity contribution is 0.645. The van der Waals surface area contributed by atoms with Crippen LogP contribution < -0.4 is 15.5 Å². The lowest BCUT2D eigenvalue weighted by Gasteiger charge is -2.19. The fraction of sp³-hybridized carbons (Fsp3) is 0.381. The van der Waals surface area contributed by atoms with E-state index in [0.29, 0.717) is 0 Å². The predicted octanol–water partition coefficient (Wildman–Crippen LogP) is 3.77. The zero-order valence-electron chi connectivity index (χ0n) is 15.8. The number of aliphatic imine (C=N–C) groups is 1. The van der Waals surface area contributed by atoms with Gasteiger partial charge in [-0.15, -0.1) is 24.0 Å². The van der Waals surface area contributed by atoms with Crippen LogP contribution in [0.2, 0.25) is 0 Å². The van der Waals surface area contributed by atoms with Crippen molar-refractivity contribution in [1.29, 1.82) is 0 Å². The monoisotopic (exact) mass is 464 g/mol. The summed E-state index contributed by atoms with van der Waals surface area (Å²) in [7, 11) is 5.94. The Morgan fingerprint density at radius 2 is 1.65 bits per heavy atom. The summed E-state index contributed by atoms with van der Waals surface area (Å²) in [6.45, 7) is 1.70. The van der Waals surface area contributed by atoms with Gasteiger partial charge in [-0.05, 0) is 36.1 Å². The first-order valence-electron chi connectivity index (χ1n) is 8.89. The highest BCUT2D eigenvalue weighted by molar-refractivity contribution is 14.0. The Bertz CT molecular complexity index is 707. The van der Waals surface area contributed by atoms with E-state index in [9.17, 15) is 0 Å². The Kier molecular flexibility index (Phi) is 7.32. The zero-order valence-corrected chi connectivity index (χ0v) is 18.2. The molecule has 3 rings (SSSR count). The van der Waals surface area contributed by atoms with Gasteiger partial charge >= 0.3 is 0 Å². The Balaban J connectivity index is 0.00000243. The van der Waals surface area contributed by atoms with E-state index >= 15 is 0 Å². The van der Waals surface area contributed by atoms with Crippen LogP contribution in [0, 0.1) is 0 Å². The Labute approximate surface area is 174 Å². The molecule has 0 spiro atoms. The van der Waals surface area contributed by atoms with Gasteiger partial charge in [0.1, 0.15) is 0 Å². The molecule has 0 aliphatic heterocycles. The summed E-state index contributed by atoms with van der Waals surface area (Å²) < 4.78 is 0. The standard InChI is InChI=1S/C21H28N4.HI/c1-22-20(23-15-17-9-11-19(12-10-17)25(2)3)24-16-21(13-14-21)18-7-5-4-6-8-18;/h4-12H,13-16H2,1-3H3,(H2,22,23,24);1H. The van der Waals surface area contributed by atoms with E-state index in [2.05, 4.69) is 89.2 Å². The summed E-state index contributed by atoms with van der Waals surface area (Å²) >= 11 is 0. The highest BCUT2D eigenvalue weighted by Gasteiger charge is 2.43. The van der Waals surface area contributed by atoms with Crippen molar-refractivity contribution in [2.45, 2.75) is 24.8 Å². The van der Waals surface area contributed by atoms with Crippen molar-refractivity contribution in [3.8, 4) is 0 Å². The van der Waals surface area contributed by atoms with Gasteiger partial charge in [-0.1, -0.05) is 42.5 Å². The van der Waals surface area contributed by atoms with Crippen molar-refractivity contribution >= 4 is 35.6 Å². The fourth-order valence-electron chi connectivity index (χ4n) is 3.08. The lowest BCUT2D eigenvalue weighted by Crippen LogP contribution is -2.40. The Hall–Kier alpha value is -1.76. The largest absolute Gasteiger partial charge is 0.378 e. The second-order valence-electron chi connectivity index (χ2n) is 6.99. The van der Waals surface area contributed by atoms with E-state index in [0.717, 1.165) is 19.0 Å². The van der Waals surface area contributed by atoms with Crippen LogP contribution >= 0.6 is 24.0 Å². The molecule has 1 fully saturated rings. The maximum atomic E-state index is 4.36. The van der Waals surface area contributed by atoms with Crippen LogP contribution in [0.3, 0.4) is 0 Å².